The number of nitrogen functional groups attached to an aromatic ring is 1. The highest BCUT2D eigenvalue weighted by molar-refractivity contribution is 5.91. The topological polar surface area (TPSA) is 113 Å². The van der Waals surface area contributed by atoms with Crippen LogP contribution in [-0.4, -0.2) is 45.0 Å². The van der Waals surface area contributed by atoms with Crippen molar-refractivity contribution in [2.24, 2.45) is 0 Å². The third kappa shape index (κ3) is 3.77. The summed E-state index contributed by atoms with van der Waals surface area (Å²) in [7, 11) is 3.18. The second-order valence-electron chi connectivity index (χ2n) is 7.84. The van der Waals surface area contributed by atoms with E-state index in [9.17, 15) is 0 Å². The summed E-state index contributed by atoms with van der Waals surface area (Å²) in [4.78, 5) is 9.15. The lowest BCUT2D eigenvalue weighted by Crippen LogP contribution is -2.33. The fourth-order valence-corrected chi connectivity index (χ4v) is 4.14. The molecule has 3 heterocycles. The summed E-state index contributed by atoms with van der Waals surface area (Å²) in [6.07, 6.45) is 2.51. The number of nitrogens with zero attached hydrogens (tertiary/aromatic N) is 5. The first-order valence-corrected chi connectivity index (χ1v) is 10.5. The highest BCUT2D eigenvalue weighted by Crippen LogP contribution is 2.34. The van der Waals surface area contributed by atoms with Crippen molar-refractivity contribution in [1.82, 2.24) is 24.7 Å². The number of nitrogens with one attached hydrogen (secondary N) is 1. The Morgan fingerprint density at radius 2 is 1.84 bits per heavy atom. The molecule has 0 fully saturated rings. The Balaban J connectivity index is 1.38. The van der Waals surface area contributed by atoms with E-state index in [1.54, 1.807) is 20.3 Å². The second-order valence-corrected chi connectivity index (χ2v) is 7.84. The van der Waals surface area contributed by atoms with Gasteiger partial charge in [0.15, 0.2) is 11.5 Å². The molecule has 164 valence electrons. The molecular formula is C23H25N7O2. The van der Waals surface area contributed by atoms with E-state index < -0.39 is 0 Å². The van der Waals surface area contributed by atoms with E-state index in [0.29, 0.717) is 28.8 Å². The Morgan fingerprint density at radius 1 is 1.06 bits per heavy atom. The summed E-state index contributed by atoms with van der Waals surface area (Å²) >= 11 is 0. The first kappa shape index (κ1) is 20.0. The molecular weight excluding hydrogens is 406 g/mol. The summed E-state index contributed by atoms with van der Waals surface area (Å²) in [6.45, 7) is 0.748. The number of anilines is 2. The van der Waals surface area contributed by atoms with Gasteiger partial charge in [0.2, 0.25) is 5.95 Å². The van der Waals surface area contributed by atoms with Crippen molar-refractivity contribution in [2.75, 3.05) is 25.3 Å². The molecule has 2 aromatic carbocycles. The van der Waals surface area contributed by atoms with Crippen LogP contribution in [0.4, 0.5) is 11.8 Å². The van der Waals surface area contributed by atoms with Gasteiger partial charge in [0.1, 0.15) is 17.5 Å². The summed E-state index contributed by atoms with van der Waals surface area (Å²) in [5.41, 5.74) is 8.15. The number of rotatable bonds is 6. The van der Waals surface area contributed by atoms with Crippen molar-refractivity contribution >= 4 is 22.7 Å². The molecule has 1 unspecified atom stereocenters. The van der Waals surface area contributed by atoms with E-state index in [0.717, 1.165) is 42.8 Å². The molecule has 1 atom stereocenters. The lowest BCUT2D eigenvalue weighted by Gasteiger charge is -2.25. The molecule has 32 heavy (non-hydrogen) atoms. The van der Waals surface area contributed by atoms with Gasteiger partial charge in [-0.05, 0) is 18.1 Å². The van der Waals surface area contributed by atoms with Gasteiger partial charge in [-0.25, -0.2) is 4.98 Å². The minimum absolute atomic E-state index is 0.144. The molecule has 0 spiro atoms. The summed E-state index contributed by atoms with van der Waals surface area (Å²) in [5, 5.41) is 13.0. The molecule has 0 radical (unpaired) electrons. The Hall–Kier alpha value is -3.88. The molecule has 5 rings (SSSR count). The summed E-state index contributed by atoms with van der Waals surface area (Å²) < 4.78 is 13.0. The largest absolute Gasteiger partial charge is 0.493 e. The van der Waals surface area contributed by atoms with Crippen molar-refractivity contribution in [3.05, 3.63) is 59.7 Å². The Kier molecular flexibility index (Phi) is 5.22. The fourth-order valence-electron chi connectivity index (χ4n) is 4.14. The maximum Gasteiger partial charge on any atom is 0.225 e. The van der Waals surface area contributed by atoms with E-state index in [4.69, 9.17) is 15.2 Å². The van der Waals surface area contributed by atoms with Crippen LogP contribution in [0.3, 0.4) is 0 Å². The average Bonchev–Trinajstić information content (AvgIpc) is 3.21. The van der Waals surface area contributed by atoms with E-state index in [2.05, 4.69) is 42.2 Å². The zero-order valence-corrected chi connectivity index (χ0v) is 18.1. The molecule has 0 saturated heterocycles. The van der Waals surface area contributed by atoms with Crippen LogP contribution in [0, 0.1) is 0 Å². The standard InChI is InChI=1S/C23H25N7O2/c1-31-18-11-16-17(12-19(18)32-2)26-23(27-22(16)24)25-15-8-9-20-28-29-21(30(20)13-15)10-14-6-4-3-5-7-14/h3-7,11-12,15H,8-10,13H2,1-2H3,(H3,24,25,26,27). The number of benzene rings is 2. The molecule has 1 aliphatic rings. The monoisotopic (exact) mass is 431 g/mol. The smallest absolute Gasteiger partial charge is 0.225 e. The van der Waals surface area contributed by atoms with Crippen molar-refractivity contribution in [3.8, 4) is 11.5 Å². The SMILES string of the molecule is COc1cc2nc(NC3CCc4nnc(Cc5ccccc5)n4C3)nc(N)c2cc1OC. The molecule has 0 aliphatic carbocycles. The third-order valence-electron chi connectivity index (χ3n) is 5.79. The van der Waals surface area contributed by atoms with E-state index in [-0.39, 0.29) is 6.04 Å². The van der Waals surface area contributed by atoms with Crippen molar-refractivity contribution in [2.45, 2.75) is 31.8 Å². The van der Waals surface area contributed by atoms with Gasteiger partial charge in [-0.3, -0.25) is 0 Å². The van der Waals surface area contributed by atoms with Crippen molar-refractivity contribution < 1.29 is 9.47 Å². The van der Waals surface area contributed by atoms with Gasteiger partial charge in [-0.15, -0.1) is 10.2 Å². The van der Waals surface area contributed by atoms with Gasteiger partial charge in [-0.1, -0.05) is 30.3 Å². The predicted molar refractivity (Wildman–Crippen MR) is 122 cm³/mol. The Labute approximate surface area is 185 Å². The van der Waals surface area contributed by atoms with Crippen LogP contribution >= 0.6 is 0 Å². The summed E-state index contributed by atoms with van der Waals surface area (Å²) in [5.74, 6) is 4.06. The Morgan fingerprint density at radius 3 is 2.62 bits per heavy atom. The maximum absolute atomic E-state index is 6.23. The minimum atomic E-state index is 0.144. The fraction of sp³-hybridized carbons (Fsp3) is 0.304. The molecule has 0 amide bonds. The van der Waals surface area contributed by atoms with Crippen LogP contribution in [0.5, 0.6) is 11.5 Å². The van der Waals surface area contributed by atoms with Gasteiger partial charge in [0.25, 0.3) is 0 Å². The zero-order valence-electron chi connectivity index (χ0n) is 18.1. The predicted octanol–water partition coefficient (Wildman–Crippen LogP) is 2.84. The maximum atomic E-state index is 6.23. The number of fused-ring (bicyclic) bond motifs is 2. The quantitative estimate of drug-likeness (QED) is 0.479. The highest BCUT2D eigenvalue weighted by atomic mass is 16.5. The second kappa shape index (κ2) is 8.33. The Bertz CT molecular complexity index is 1260. The third-order valence-corrected chi connectivity index (χ3v) is 5.79. The molecule has 4 aromatic rings. The van der Waals surface area contributed by atoms with Gasteiger partial charge in [0, 0.05) is 36.9 Å². The molecule has 2 aromatic heterocycles. The average molecular weight is 432 g/mol. The normalized spacial score (nSPS) is 15.4. The van der Waals surface area contributed by atoms with Crippen LogP contribution < -0.4 is 20.5 Å². The van der Waals surface area contributed by atoms with Crippen molar-refractivity contribution in [3.63, 3.8) is 0 Å². The van der Waals surface area contributed by atoms with E-state index in [1.807, 2.05) is 24.3 Å². The van der Waals surface area contributed by atoms with Gasteiger partial charge >= 0.3 is 0 Å². The highest BCUT2D eigenvalue weighted by Gasteiger charge is 2.24. The first-order valence-electron chi connectivity index (χ1n) is 10.5. The first-order chi connectivity index (χ1) is 15.6. The van der Waals surface area contributed by atoms with Gasteiger partial charge < -0.3 is 25.1 Å². The molecule has 9 nitrogen and oxygen atoms in total. The van der Waals surface area contributed by atoms with E-state index in [1.165, 1.54) is 5.56 Å². The molecule has 0 bridgehead atoms. The number of methoxy groups -OCH3 is 2. The van der Waals surface area contributed by atoms with Crippen LogP contribution in [-0.2, 0) is 19.4 Å². The number of ether oxygens (including phenoxy) is 2. The van der Waals surface area contributed by atoms with Crippen LogP contribution in [0.25, 0.3) is 10.9 Å². The zero-order chi connectivity index (χ0) is 22.1. The lowest BCUT2D eigenvalue weighted by atomic mass is 10.1. The minimum Gasteiger partial charge on any atom is -0.493 e. The van der Waals surface area contributed by atoms with Crippen molar-refractivity contribution in [1.29, 1.82) is 0 Å². The van der Waals surface area contributed by atoms with Crippen LogP contribution in [0.2, 0.25) is 0 Å². The molecule has 3 N–H and O–H groups in total. The molecule has 1 aliphatic heterocycles. The van der Waals surface area contributed by atoms with Gasteiger partial charge in [-0.2, -0.15) is 4.98 Å². The number of hydrogen-bond donors (Lipinski definition) is 2. The number of hydrogen-bond acceptors (Lipinski definition) is 8. The van der Waals surface area contributed by atoms with Gasteiger partial charge in [0.05, 0.1) is 19.7 Å². The van der Waals surface area contributed by atoms with Crippen LogP contribution in [0.1, 0.15) is 23.6 Å². The molecule has 9 heteroatoms. The number of aryl methyl sites for hydroxylation is 1. The molecule has 0 saturated carbocycles. The van der Waals surface area contributed by atoms with Crippen LogP contribution in [0.15, 0.2) is 42.5 Å². The summed E-state index contributed by atoms with van der Waals surface area (Å²) in [6, 6.07) is 14.1. The van der Waals surface area contributed by atoms with E-state index >= 15 is 0 Å². The lowest BCUT2D eigenvalue weighted by molar-refractivity contribution is 0.356. The number of nitrogens with two attached hydrogens (primary N) is 1. The number of aromatic nitrogens is 5.